The van der Waals surface area contributed by atoms with Crippen LogP contribution in [0.25, 0.3) is 0 Å². The fourth-order valence-electron chi connectivity index (χ4n) is 4.13. The predicted octanol–water partition coefficient (Wildman–Crippen LogP) is 2.47. The first-order valence-corrected chi connectivity index (χ1v) is 10.2. The van der Waals surface area contributed by atoms with E-state index >= 15 is 0 Å². The number of carbonyl (C=O) groups is 2. The molecule has 3 rings (SSSR count). The summed E-state index contributed by atoms with van der Waals surface area (Å²) in [6.07, 6.45) is 3.77. The van der Waals surface area contributed by atoms with Crippen LogP contribution in [0, 0.1) is 11.7 Å². The summed E-state index contributed by atoms with van der Waals surface area (Å²) < 4.78 is 13.6. The van der Waals surface area contributed by atoms with E-state index in [4.69, 9.17) is 0 Å². The predicted molar refractivity (Wildman–Crippen MR) is 106 cm³/mol. The van der Waals surface area contributed by atoms with Crippen molar-refractivity contribution in [1.29, 1.82) is 0 Å². The van der Waals surface area contributed by atoms with Crippen molar-refractivity contribution >= 4 is 11.9 Å². The zero-order valence-electron chi connectivity index (χ0n) is 16.9. The molecule has 1 N–H and O–H groups in total. The average molecular weight is 391 g/mol. The summed E-state index contributed by atoms with van der Waals surface area (Å²) in [5, 5.41) is 3.03. The molecule has 1 aromatic rings. The molecule has 2 aliphatic heterocycles. The number of likely N-dealkylation sites (N-methyl/N-ethyl adjacent to an activating group) is 1. The Morgan fingerprint density at radius 3 is 2.57 bits per heavy atom. The molecule has 154 valence electrons. The molecular formula is C21H31FN4O2. The number of halogens is 1. The lowest BCUT2D eigenvalue weighted by Crippen LogP contribution is -2.50. The Hall–Kier alpha value is -2.15. The lowest BCUT2D eigenvalue weighted by Gasteiger charge is -2.35. The van der Waals surface area contributed by atoms with Gasteiger partial charge in [0.05, 0.1) is 12.0 Å². The molecule has 2 saturated heterocycles. The maximum Gasteiger partial charge on any atom is 0.320 e. The zero-order valence-corrected chi connectivity index (χ0v) is 16.9. The minimum absolute atomic E-state index is 0.0258. The van der Waals surface area contributed by atoms with E-state index in [1.807, 2.05) is 34.9 Å². The van der Waals surface area contributed by atoms with Gasteiger partial charge in [-0.15, -0.1) is 0 Å². The number of hydrogen-bond acceptors (Lipinski definition) is 3. The third kappa shape index (κ3) is 5.01. The standard InChI is InChI=1S/C21H31FN4O2/c1-24(2)19(16-7-5-9-18(22)13-16)14-23-20(27)17-8-6-12-26(15-17)21(28)25-10-3-4-11-25/h5,7,9,13,17,19H,3-4,6,8,10-12,14-15H2,1-2H3,(H,23,27)/t17-,19-/m1/s1. The van der Waals surface area contributed by atoms with E-state index in [1.165, 1.54) is 12.1 Å². The number of carbonyl (C=O) groups excluding carboxylic acids is 2. The van der Waals surface area contributed by atoms with Crippen molar-refractivity contribution in [1.82, 2.24) is 20.0 Å². The minimum atomic E-state index is -0.279. The highest BCUT2D eigenvalue weighted by Crippen LogP contribution is 2.21. The van der Waals surface area contributed by atoms with Crippen LogP contribution in [0.1, 0.15) is 37.3 Å². The highest BCUT2D eigenvalue weighted by molar-refractivity contribution is 5.81. The molecule has 2 atom stereocenters. The molecule has 2 fully saturated rings. The van der Waals surface area contributed by atoms with Crippen LogP contribution in [0.3, 0.4) is 0 Å². The van der Waals surface area contributed by atoms with E-state index < -0.39 is 0 Å². The third-order valence-electron chi connectivity index (χ3n) is 5.77. The van der Waals surface area contributed by atoms with Gasteiger partial charge in [-0.25, -0.2) is 9.18 Å². The molecule has 0 saturated carbocycles. The molecule has 6 nitrogen and oxygen atoms in total. The molecule has 3 amide bonds. The number of rotatable bonds is 5. The topological polar surface area (TPSA) is 55.9 Å². The van der Waals surface area contributed by atoms with E-state index in [0.717, 1.165) is 50.9 Å². The molecule has 0 spiro atoms. The lowest BCUT2D eigenvalue weighted by molar-refractivity contribution is -0.126. The van der Waals surface area contributed by atoms with Crippen LogP contribution in [-0.2, 0) is 4.79 Å². The quantitative estimate of drug-likeness (QED) is 0.840. The summed E-state index contributed by atoms with van der Waals surface area (Å²) in [6, 6.07) is 6.45. The number of nitrogens with one attached hydrogen (secondary N) is 1. The van der Waals surface area contributed by atoms with Crippen LogP contribution in [0.2, 0.25) is 0 Å². The van der Waals surface area contributed by atoms with E-state index in [1.54, 1.807) is 6.07 Å². The molecule has 0 radical (unpaired) electrons. The summed E-state index contributed by atoms with van der Waals surface area (Å²) in [6.45, 7) is 3.26. The van der Waals surface area contributed by atoms with Crippen LogP contribution in [0.15, 0.2) is 24.3 Å². The van der Waals surface area contributed by atoms with Crippen molar-refractivity contribution in [3.05, 3.63) is 35.6 Å². The van der Waals surface area contributed by atoms with Gasteiger partial charge in [-0.2, -0.15) is 0 Å². The molecule has 0 unspecified atom stereocenters. The number of piperidine rings is 1. The second kappa shape index (κ2) is 9.37. The SMILES string of the molecule is CN(C)[C@H](CNC(=O)[C@@H]1CCCN(C(=O)N2CCCC2)C1)c1cccc(F)c1. The molecule has 0 aromatic heterocycles. The highest BCUT2D eigenvalue weighted by Gasteiger charge is 2.31. The van der Waals surface area contributed by atoms with Crippen molar-refractivity contribution in [3.63, 3.8) is 0 Å². The second-order valence-corrected chi connectivity index (χ2v) is 8.04. The maximum atomic E-state index is 13.6. The van der Waals surface area contributed by atoms with Crippen LogP contribution < -0.4 is 5.32 Å². The summed E-state index contributed by atoms with van der Waals surface area (Å²) in [5.41, 5.74) is 0.833. The van der Waals surface area contributed by atoms with Gasteiger partial charge in [0.15, 0.2) is 0 Å². The molecule has 0 aliphatic carbocycles. The molecular weight excluding hydrogens is 359 g/mol. The number of likely N-dealkylation sites (tertiary alicyclic amines) is 2. The summed E-state index contributed by atoms with van der Waals surface area (Å²) in [4.78, 5) is 31.1. The first-order valence-electron chi connectivity index (χ1n) is 10.2. The fourth-order valence-corrected chi connectivity index (χ4v) is 4.13. The van der Waals surface area contributed by atoms with Gasteiger partial charge in [0, 0.05) is 32.7 Å². The molecule has 7 heteroatoms. The van der Waals surface area contributed by atoms with Gasteiger partial charge in [-0.1, -0.05) is 12.1 Å². The van der Waals surface area contributed by atoms with Crippen LogP contribution in [-0.4, -0.2) is 73.5 Å². The summed E-state index contributed by atoms with van der Waals surface area (Å²) >= 11 is 0. The summed E-state index contributed by atoms with van der Waals surface area (Å²) in [5.74, 6) is -0.489. The van der Waals surface area contributed by atoms with Gasteiger partial charge >= 0.3 is 6.03 Å². The Bertz CT molecular complexity index is 691. The monoisotopic (exact) mass is 390 g/mol. The normalized spacial score (nSPS) is 21.1. The van der Waals surface area contributed by atoms with E-state index in [9.17, 15) is 14.0 Å². The molecule has 0 bridgehead atoms. The Labute approximate surface area is 166 Å². The number of amides is 3. The first-order chi connectivity index (χ1) is 13.5. The lowest BCUT2D eigenvalue weighted by atomic mass is 9.97. The summed E-state index contributed by atoms with van der Waals surface area (Å²) in [7, 11) is 3.83. The van der Waals surface area contributed by atoms with Gasteiger partial charge in [-0.3, -0.25) is 4.79 Å². The average Bonchev–Trinajstić information content (AvgIpc) is 3.22. The second-order valence-electron chi connectivity index (χ2n) is 8.04. The van der Waals surface area contributed by atoms with Crippen molar-refractivity contribution < 1.29 is 14.0 Å². The van der Waals surface area contributed by atoms with Crippen molar-refractivity contribution in [2.75, 3.05) is 46.8 Å². The highest BCUT2D eigenvalue weighted by atomic mass is 19.1. The number of benzene rings is 1. The largest absolute Gasteiger partial charge is 0.354 e. The van der Waals surface area contributed by atoms with Gasteiger partial charge in [0.25, 0.3) is 0 Å². The van der Waals surface area contributed by atoms with Crippen LogP contribution in [0.4, 0.5) is 9.18 Å². The van der Waals surface area contributed by atoms with Crippen molar-refractivity contribution in [2.24, 2.45) is 5.92 Å². The van der Waals surface area contributed by atoms with Gasteiger partial charge in [0.1, 0.15) is 5.82 Å². The number of hydrogen-bond donors (Lipinski definition) is 1. The smallest absolute Gasteiger partial charge is 0.320 e. The van der Waals surface area contributed by atoms with Crippen molar-refractivity contribution in [2.45, 2.75) is 31.7 Å². The molecule has 2 heterocycles. The van der Waals surface area contributed by atoms with Gasteiger partial charge in [0.2, 0.25) is 5.91 Å². The zero-order chi connectivity index (χ0) is 20.1. The molecule has 28 heavy (non-hydrogen) atoms. The minimum Gasteiger partial charge on any atom is -0.354 e. The Morgan fingerprint density at radius 1 is 1.18 bits per heavy atom. The van der Waals surface area contributed by atoms with Crippen LogP contribution in [0.5, 0.6) is 0 Å². The third-order valence-corrected chi connectivity index (χ3v) is 5.77. The fraction of sp³-hybridized carbons (Fsp3) is 0.619. The number of nitrogens with zero attached hydrogens (tertiary/aromatic N) is 3. The van der Waals surface area contributed by atoms with Crippen molar-refractivity contribution in [3.8, 4) is 0 Å². The van der Waals surface area contributed by atoms with E-state index in [-0.39, 0.29) is 29.7 Å². The Balaban J connectivity index is 1.56. The molecule has 2 aliphatic rings. The first kappa shape index (κ1) is 20.6. The van der Waals surface area contributed by atoms with Crippen LogP contribution >= 0.6 is 0 Å². The maximum absolute atomic E-state index is 13.6. The van der Waals surface area contributed by atoms with E-state index in [2.05, 4.69) is 5.32 Å². The van der Waals surface area contributed by atoms with Gasteiger partial charge in [-0.05, 0) is 57.5 Å². The Kier molecular flexibility index (Phi) is 6.88. The number of urea groups is 1. The van der Waals surface area contributed by atoms with Gasteiger partial charge < -0.3 is 20.0 Å². The van der Waals surface area contributed by atoms with E-state index in [0.29, 0.717) is 13.1 Å². The Morgan fingerprint density at radius 2 is 1.89 bits per heavy atom. The molecule has 1 aromatic carbocycles.